The monoisotopic (exact) mass is 431 g/mol. The summed E-state index contributed by atoms with van der Waals surface area (Å²) in [6, 6.07) is 5.62. The molecule has 0 bridgehead atoms. The molecule has 3 fully saturated rings. The summed E-state index contributed by atoms with van der Waals surface area (Å²) in [5.41, 5.74) is -0.127. The molecule has 1 N–H and O–H groups in total. The largest absolute Gasteiger partial charge is 0.324 e. The Bertz CT molecular complexity index is 908. The van der Waals surface area contributed by atoms with E-state index in [2.05, 4.69) is 26.1 Å². The topological polar surface area (TPSA) is 69.7 Å². The zero-order valence-corrected chi connectivity index (χ0v) is 17.2. The van der Waals surface area contributed by atoms with Crippen molar-refractivity contribution in [3.63, 3.8) is 0 Å². The Morgan fingerprint density at radius 3 is 2.63 bits per heavy atom. The fourth-order valence-electron chi connectivity index (χ4n) is 5.84. The minimum atomic E-state index is -1.09. The number of nitrogens with one attached hydrogen (secondary N) is 1. The Morgan fingerprint density at radius 2 is 1.93 bits per heavy atom. The Balaban J connectivity index is 1.77. The highest BCUT2D eigenvalue weighted by molar-refractivity contribution is 9.10. The molecule has 3 amide bonds. The van der Waals surface area contributed by atoms with Gasteiger partial charge in [-0.1, -0.05) is 15.9 Å². The van der Waals surface area contributed by atoms with Gasteiger partial charge in [-0.15, -0.1) is 0 Å². The molecule has 4 atom stereocenters. The molecule has 0 aromatic heterocycles. The van der Waals surface area contributed by atoms with Crippen LogP contribution >= 0.6 is 15.9 Å². The maximum Gasteiger partial charge on any atom is 0.250 e. The van der Waals surface area contributed by atoms with E-state index >= 15 is 0 Å². The van der Waals surface area contributed by atoms with Gasteiger partial charge in [0.1, 0.15) is 5.54 Å². The van der Waals surface area contributed by atoms with E-state index in [1.807, 2.05) is 39.0 Å². The van der Waals surface area contributed by atoms with Crippen molar-refractivity contribution in [3.8, 4) is 0 Å². The van der Waals surface area contributed by atoms with Crippen molar-refractivity contribution in [2.75, 3.05) is 11.9 Å². The lowest BCUT2D eigenvalue weighted by molar-refractivity contribution is -0.150. The number of benzene rings is 1. The predicted molar refractivity (Wildman–Crippen MR) is 103 cm³/mol. The molecule has 0 radical (unpaired) electrons. The fourth-order valence-corrected chi connectivity index (χ4v) is 6.20. The van der Waals surface area contributed by atoms with Crippen LogP contribution in [0.4, 0.5) is 5.69 Å². The third kappa shape index (κ3) is 1.92. The van der Waals surface area contributed by atoms with Crippen molar-refractivity contribution in [2.24, 2.45) is 11.8 Å². The number of carbonyl (C=O) groups excluding carboxylic acids is 3. The number of nitrogens with zero attached hydrogens (tertiary/aromatic N) is 2. The van der Waals surface area contributed by atoms with Gasteiger partial charge < -0.3 is 5.32 Å². The van der Waals surface area contributed by atoms with Gasteiger partial charge in [0.2, 0.25) is 17.7 Å². The molecule has 4 aliphatic heterocycles. The van der Waals surface area contributed by atoms with E-state index in [1.54, 1.807) is 0 Å². The molecule has 6 nitrogen and oxygen atoms in total. The zero-order chi connectivity index (χ0) is 19.3. The van der Waals surface area contributed by atoms with Crippen LogP contribution in [0.3, 0.4) is 0 Å². The van der Waals surface area contributed by atoms with Crippen LogP contribution in [0, 0.1) is 11.8 Å². The highest BCUT2D eigenvalue weighted by Crippen LogP contribution is 2.61. The standard InChI is InChI=1S/C20H22BrN3O3/c1-19(2,3)24-16(25)14-13-5-4-8-23(13)20(15(14)17(24)26)11-9-10(21)6-7-12(11)22-18(20)27/h6-7,9,13-15H,4-5,8H2,1-3H3,(H,22,27)/t13-,14+,15-,20-/m0/s1. The lowest BCUT2D eigenvalue weighted by atomic mass is 9.75. The lowest BCUT2D eigenvalue weighted by Crippen LogP contribution is -2.56. The first kappa shape index (κ1) is 17.4. The minimum Gasteiger partial charge on any atom is -0.324 e. The molecule has 5 rings (SSSR count). The van der Waals surface area contributed by atoms with Crippen LogP contribution in [0.2, 0.25) is 0 Å². The third-order valence-electron chi connectivity index (χ3n) is 6.63. The molecule has 142 valence electrons. The molecule has 0 saturated carbocycles. The average molecular weight is 432 g/mol. The molecule has 1 aromatic rings. The molecular formula is C20H22BrN3O3. The van der Waals surface area contributed by atoms with Gasteiger partial charge in [-0.2, -0.15) is 0 Å². The van der Waals surface area contributed by atoms with Gasteiger partial charge in [0.15, 0.2) is 0 Å². The number of hydrogen-bond acceptors (Lipinski definition) is 4. The normalized spacial score (nSPS) is 35.0. The van der Waals surface area contributed by atoms with Crippen molar-refractivity contribution in [2.45, 2.75) is 50.7 Å². The lowest BCUT2D eigenvalue weighted by Gasteiger charge is -2.38. The second kappa shape index (κ2) is 5.20. The van der Waals surface area contributed by atoms with Gasteiger partial charge in [0, 0.05) is 27.3 Å². The van der Waals surface area contributed by atoms with Gasteiger partial charge >= 0.3 is 0 Å². The van der Waals surface area contributed by atoms with Crippen molar-refractivity contribution in [3.05, 3.63) is 28.2 Å². The smallest absolute Gasteiger partial charge is 0.250 e. The summed E-state index contributed by atoms with van der Waals surface area (Å²) in [7, 11) is 0. The maximum atomic E-state index is 13.6. The number of likely N-dealkylation sites (tertiary alicyclic amines) is 1. The average Bonchev–Trinajstić information content (AvgIpc) is 3.25. The SMILES string of the molecule is CC(C)(C)N1C(=O)[C@H]2[C@@H](C1=O)[C@@]1(C(=O)Nc3ccc(Br)cc31)N1CCC[C@@H]21. The molecule has 1 spiro atoms. The third-order valence-corrected chi connectivity index (χ3v) is 7.12. The second-order valence-electron chi connectivity index (χ2n) is 9.00. The van der Waals surface area contributed by atoms with Gasteiger partial charge in [0.25, 0.3) is 0 Å². The zero-order valence-electron chi connectivity index (χ0n) is 15.6. The highest BCUT2D eigenvalue weighted by Gasteiger charge is 2.75. The number of halogens is 1. The molecule has 1 aromatic carbocycles. The van der Waals surface area contributed by atoms with Gasteiger partial charge in [-0.3, -0.25) is 24.2 Å². The number of amides is 3. The van der Waals surface area contributed by atoms with E-state index in [1.165, 1.54) is 4.90 Å². The molecular weight excluding hydrogens is 410 g/mol. The summed E-state index contributed by atoms with van der Waals surface area (Å²) in [6.07, 6.45) is 1.78. The second-order valence-corrected chi connectivity index (χ2v) is 9.92. The van der Waals surface area contributed by atoms with Crippen LogP contribution < -0.4 is 5.32 Å². The first-order valence-electron chi connectivity index (χ1n) is 9.45. The number of carbonyl (C=O) groups is 3. The summed E-state index contributed by atoms with van der Waals surface area (Å²) in [5, 5.41) is 2.99. The van der Waals surface area contributed by atoms with Crippen LogP contribution in [0.25, 0.3) is 0 Å². The fraction of sp³-hybridized carbons (Fsp3) is 0.550. The maximum absolute atomic E-state index is 13.6. The van der Waals surface area contributed by atoms with E-state index in [0.29, 0.717) is 0 Å². The Morgan fingerprint density at radius 1 is 1.19 bits per heavy atom. The molecule has 27 heavy (non-hydrogen) atoms. The number of rotatable bonds is 0. The molecule has 4 heterocycles. The number of imide groups is 1. The Labute approximate surface area is 166 Å². The van der Waals surface area contributed by atoms with Gasteiger partial charge in [-0.25, -0.2) is 0 Å². The van der Waals surface area contributed by atoms with Crippen LogP contribution in [0.15, 0.2) is 22.7 Å². The van der Waals surface area contributed by atoms with E-state index < -0.39 is 22.9 Å². The molecule has 0 unspecified atom stereocenters. The van der Waals surface area contributed by atoms with E-state index in [9.17, 15) is 14.4 Å². The van der Waals surface area contributed by atoms with Crippen molar-refractivity contribution in [1.29, 1.82) is 0 Å². The molecule has 4 aliphatic rings. The van der Waals surface area contributed by atoms with Crippen molar-refractivity contribution in [1.82, 2.24) is 9.80 Å². The first-order chi connectivity index (χ1) is 12.7. The van der Waals surface area contributed by atoms with E-state index in [0.717, 1.165) is 35.1 Å². The number of hydrogen-bond donors (Lipinski definition) is 1. The van der Waals surface area contributed by atoms with Crippen molar-refractivity contribution >= 4 is 39.3 Å². The summed E-state index contributed by atoms with van der Waals surface area (Å²) in [5.74, 6) is -1.62. The van der Waals surface area contributed by atoms with Crippen LogP contribution in [0.5, 0.6) is 0 Å². The predicted octanol–water partition coefficient (Wildman–Crippen LogP) is 2.47. The highest BCUT2D eigenvalue weighted by atomic mass is 79.9. The summed E-state index contributed by atoms with van der Waals surface area (Å²) >= 11 is 3.51. The summed E-state index contributed by atoms with van der Waals surface area (Å²) in [4.78, 5) is 43.9. The van der Waals surface area contributed by atoms with Crippen molar-refractivity contribution < 1.29 is 14.4 Å². The number of fused-ring (bicyclic) bond motifs is 7. The Hall–Kier alpha value is -1.73. The van der Waals surface area contributed by atoms with Crippen LogP contribution in [-0.4, -0.2) is 45.6 Å². The van der Waals surface area contributed by atoms with E-state index in [4.69, 9.17) is 0 Å². The molecule has 0 aliphatic carbocycles. The van der Waals surface area contributed by atoms with Gasteiger partial charge in [-0.05, 0) is 58.4 Å². The van der Waals surface area contributed by atoms with Crippen LogP contribution in [0.1, 0.15) is 39.2 Å². The van der Waals surface area contributed by atoms with E-state index in [-0.39, 0.29) is 23.8 Å². The molecule has 3 saturated heterocycles. The van der Waals surface area contributed by atoms with Gasteiger partial charge in [0.05, 0.1) is 11.8 Å². The van der Waals surface area contributed by atoms with Crippen LogP contribution in [-0.2, 0) is 19.9 Å². The minimum absolute atomic E-state index is 0.0607. The Kier molecular flexibility index (Phi) is 3.35. The molecule has 7 heteroatoms. The summed E-state index contributed by atoms with van der Waals surface area (Å²) in [6.45, 7) is 6.36. The first-order valence-corrected chi connectivity index (χ1v) is 10.2. The quantitative estimate of drug-likeness (QED) is 0.640. The summed E-state index contributed by atoms with van der Waals surface area (Å²) < 4.78 is 0.862. The number of anilines is 1.